The lowest BCUT2D eigenvalue weighted by atomic mass is 9.90. The van der Waals surface area contributed by atoms with Crippen LogP contribution in [0.4, 0.5) is 0 Å². The third-order valence-electron chi connectivity index (χ3n) is 6.96. The minimum Gasteiger partial charge on any atom is -0.468 e. The van der Waals surface area contributed by atoms with Crippen molar-refractivity contribution in [2.24, 2.45) is 5.92 Å². The van der Waals surface area contributed by atoms with E-state index in [1.54, 1.807) is 12.3 Å². The number of fused-ring (bicyclic) bond motifs is 1. The summed E-state index contributed by atoms with van der Waals surface area (Å²) in [5, 5.41) is 7.09. The monoisotopic (exact) mass is 433 g/mol. The zero-order chi connectivity index (χ0) is 21.9. The molecule has 1 atom stereocenters. The highest BCUT2D eigenvalue weighted by Crippen LogP contribution is 2.29. The van der Waals surface area contributed by atoms with Crippen LogP contribution in [0.25, 0.3) is 11.3 Å². The average molecular weight is 434 g/mol. The smallest absolute Gasteiger partial charge is 0.273 e. The second-order valence-corrected chi connectivity index (χ2v) is 9.23. The number of nitrogens with one attached hydrogen (secondary N) is 1. The highest BCUT2D eigenvalue weighted by Gasteiger charge is 2.27. The number of likely N-dealkylation sites (tertiary alicyclic amines) is 1. The minimum absolute atomic E-state index is 0.0217. The van der Waals surface area contributed by atoms with E-state index in [4.69, 9.17) is 8.94 Å². The van der Waals surface area contributed by atoms with Crippen LogP contribution < -0.4 is 5.32 Å². The molecule has 6 nitrogen and oxygen atoms in total. The van der Waals surface area contributed by atoms with Gasteiger partial charge < -0.3 is 14.3 Å². The third-order valence-corrected chi connectivity index (χ3v) is 6.96. The summed E-state index contributed by atoms with van der Waals surface area (Å²) < 4.78 is 11.2. The Hall–Kier alpha value is -2.86. The lowest BCUT2D eigenvalue weighted by Gasteiger charge is -2.35. The number of carbonyl (C=O) groups is 1. The number of aryl methyl sites for hydroxylation is 2. The molecule has 1 amide bonds. The van der Waals surface area contributed by atoms with E-state index in [-0.39, 0.29) is 11.9 Å². The first-order valence-electron chi connectivity index (χ1n) is 11.8. The molecule has 6 heteroatoms. The fraction of sp³-hybridized carbons (Fsp3) is 0.462. The molecule has 1 saturated heterocycles. The van der Waals surface area contributed by atoms with Gasteiger partial charge in [-0.1, -0.05) is 24.2 Å². The van der Waals surface area contributed by atoms with E-state index in [1.807, 2.05) is 12.1 Å². The van der Waals surface area contributed by atoms with Gasteiger partial charge in [0.1, 0.15) is 5.76 Å². The predicted octanol–water partition coefficient (Wildman–Crippen LogP) is 5.02. The number of amides is 1. The van der Waals surface area contributed by atoms with Gasteiger partial charge in [0.15, 0.2) is 11.5 Å². The van der Waals surface area contributed by atoms with Gasteiger partial charge in [-0.05, 0) is 86.9 Å². The number of nitrogens with zero attached hydrogens (tertiary/aromatic N) is 2. The largest absolute Gasteiger partial charge is 0.468 e. The van der Waals surface area contributed by atoms with Crippen molar-refractivity contribution in [2.45, 2.75) is 51.5 Å². The summed E-state index contributed by atoms with van der Waals surface area (Å²) in [6, 6.07) is 12.1. The molecule has 1 aromatic carbocycles. The Labute approximate surface area is 189 Å². The first-order valence-corrected chi connectivity index (χ1v) is 11.8. The lowest BCUT2D eigenvalue weighted by molar-refractivity contribution is 0.0887. The summed E-state index contributed by atoms with van der Waals surface area (Å²) in [6.45, 7) is 4.79. The molecule has 2 aliphatic rings. The average Bonchev–Trinajstić information content (AvgIpc) is 3.53. The summed E-state index contributed by atoms with van der Waals surface area (Å²) in [7, 11) is 0. The highest BCUT2D eigenvalue weighted by molar-refractivity contribution is 5.93. The van der Waals surface area contributed by atoms with Crippen molar-refractivity contribution >= 4 is 5.91 Å². The first kappa shape index (κ1) is 21.0. The van der Waals surface area contributed by atoms with Crippen molar-refractivity contribution in [3.63, 3.8) is 0 Å². The number of piperidine rings is 1. The van der Waals surface area contributed by atoms with Crippen LogP contribution in [0.2, 0.25) is 0 Å². The zero-order valence-corrected chi connectivity index (χ0v) is 18.7. The van der Waals surface area contributed by atoms with Crippen LogP contribution >= 0.6 is 0 Å². The number of carbonyl (C=O) groups excluding carboxylic acids is 1. The molecule has 0 saturated carbocycles. The Bertz CT molecular complexity index is 1050. The minimum atomic E-state index is -0.222. The molecule has 0 spiro atoms. The van der Waals surface area contributed by atoms with Crippen LogP contribution in [0.5, 0.6) is 0 Å². The van der Waals surface area contributed by atoms with Crippen molar-refractivity contribution < 1.29 is 13.7 Å². The number of hydrogen-bond donors (Lipinski definition) is 1. The molecule has 168 valence electrons. The summed E-state index contributed by atoms with van der Waals surface area (Å²) in [4.78, 5) is 15.3. The quantitative estimate of drug-likeness (QED) is 0.591. The molecule has 1 aliphatic heterocycles. The molecule has 0 radical (unpaired) electrons. The summed E-state index contributed by atoms with van der Waals surface area (Å²) in [5.41, 5.74) is 4.10. The van der Waals surface area contributed by atoms with Crippen molar-refractivity contribution in [3.05, 3.63) is 65.2 Å². The fourth-order valence-electron chi connectivity index (χ4n) is 4.92. The molecule has 1 aliphatic carbocycles. The van der Waals surface area contributed by atoms with Gasteiger partial charge in [0.25, 0.3) is 5.91 Å². The molecule has 1 N–H and O–H groups in total. The molecule has 2 aromatic heterocycles. The van der Waals surface area contributed by atoms with Crippen molar-refractivity contribution in [1.29, 1.82) is 0 Å². The van der Waals surface area contributed by atoms with E-state index in [9.17, 15) is 4.79 Å². The summed E-state index contributed by atoms with van der Waals surface area (Å²) in [5.74, 6) is 2.04. The van der Waals surface area contributed by atoms with Crippen molar-refractivity contribution in [2.75, 3.05) is 19.6 Å². The summed E-state index contributed by atoms with van der Waals surface area (Å²) in [6.07, 6.45) is 8.76. The molecule has 32 heavy (non-hydrogen) atoms. The van der Waals surface area contributed by atoms with Gasteiger partial charge >= 0.3 is 0 Å². The Morgan fingerprint density at radius 2 is 1.97 bits per heavy atom. The Kier molecular flexibility index (Phi) is 6.12. The maximum atomic E-state index is 12.8. The second-order valence-electron chi connectivity index (χ2n) is 9.23. The van der Waals surface area contributed by atoms with Gasteiger partial charge in [0.2, 0.25) is 0 Å². The number of rotatable bonds is 6. The van der Waals surface area contributed by atoms with E-state index in [1.165, 1.54) is 36.8 Å². The molecular formula is C26H31N3O3. The van der Waals surface area contributed by atoms with Gasteiger partial charge in [-0.15, -0.1) is 0 Å². The van der Waals surface area contributed by atoms with Crippen LogP contribution in [0.1, 0.15) is 66.0 Å². The standard InChI is InChI=1S/C26H31N3O3/c1-18-10-12-29(13-11-18)23(24-7-4-14-31-24)17-27-26(30)22-16-25(32-28-22)21-9-8-19-5-2-3-6-20(19)15-21/h4,7-9,14-16,18,23H,2-3,5-6,10-13,17H2,1H3,(H,27,30)/t23-/m1/s1. The van der Waals surface area contributed by atoms with Crippen LogP contribution in [0.15, 0.2) is 51.6 Å². The Balaban J connectivity index is 1.26. The van der Waals surface area contributed by atoms with E-state index in [2.05, 4.69) is 40.5 Å². The number of benzene rings is 1. The number of aromatic nitrogens is 1. The maximum Gasteiger partial charge on any atom is 0.273 e. The number of hydrogen-bond acceptors (Lipinski definition) is 5. The van der Waals surface area contributed by atoms with Gasteiger partial charge in [-0.2, -0.15) is 0 Å². The topological polar surface area (TPSA) is 71.5 Å². The highest BCUT2D eigenvalue weighted by atomic mass is 16.5. The SMILES string of the molecule is CC1CCN([C@H](CNC(=O)c2cc(-c3ccc4c(c3)CCCC4)on2)c2ccco2)CC1. The predicted molar refractivity (Wildman–Crippen MR) is 122 cm³/mol. The zero-order valence-electron chi connectivity index (χ0n) is 18.7. The first-order chi connectivity index (χ1) is 15.7. The Morgan fingerprint density at radius 1 is 1.16 bits per heavy atom. The van der Waals surface area contributed by atoms with E-state index >= 15 is 0 Å². The van der Waals surface area contributed by atoms with Crippen LogP contribution in [0, 0.1) is 5.92 Å². The summed E-state index contributed by atoms with van der Waals surface area (Å²) >= 11 is 0. The number of furan rings is 1. The van der Waals surface area contributed by atoms with Crippen LogP contribution in [0.3, 0.4) is 0 Å². The van der Waals surface area contributed by atoms with Gasteiger partial charge in [0.05, 0.1) is 12.3 Å². The lowest BCUT2D eigenvalue weighted by Crippen LogP contribution is -2.41. The second kappa shape index (κ2) is 9.33. The van der Waals surface area contributed by atoms with E-state index in [0.29, 0.717) is 18.0 Å². The van der Waals surface area contributed by atoms with Crippen LogP contribution in [-0.4, -0.2) is 35.6 Å². The van der Waals surface area contributed by atoms with E-state index < -0.39 is 0 Å². The molecule has 1 fully saturated rings. The van der Waals surface area contributed by atoms with Gasteiger partial charge in [0, 0.05) is 18.2 Å². The molecule has 0 bridgehead atoms. The third kappa shape index (κ3) is 4.51. The molecule has 3 aromatic rings. The van der Waals surface area contributed by atoms with E-state index in [0.717, 1.165) is 43.2 Å². The molecular weight excluding hydrogens is 402 g/mol. The van der Waals surface area contributed by atoms with Gasteiger partial charge in [-0.25, -0.2) is 0 Å². The molecule has 0 unspecified atom stereocenters. The van der Waals surface area contributed by atoms with Gasteiger partial charge in [-0.3, -0.25) is 9.69 Å². The molecule has 3 heterocycles. The maximum absolute atomic E-state index is 12.8. The molecule has 5 rings (SSSR count). The Morgan fingerprint density at radius 3 is 2.75 bits per heavy atom. The van der Waals surface area contributed by atoms with Crippen molar-refractivity contribution in [3.8, 4) is 11.3 Å². The van der Waals surface area contributed by atoms with Crippen molar-refractivity contribution in [1.82, 2.24) is 15.4 Å². The van der Waals surface area contributed by atoms with Crippen LogP contribution in [-0.2, 0) is 12.8 Å². The normalized spacial score (nSPS) is 18.3. The fourth-order valence-corrected chi connectivity index (χ4v) is 4.92.